The number of anilines is 1. The van der Waals surface area contributed by atoms with E-state index in [1.807, 2.05) is 13.8 Å². The quantitative estimate of drug-likeness (QED) is 0.579. The average Bonchev–Trinajstić information content (AvgIpc) is 3.30. The molecule has 0 spiro atoms. The van der Waals surface area contributed by atoms with Crippen LogP contribution in [-0.2, 0) is 17.5 Å². The van der Waals surface area contributed by atoms with Crippen molar-refractivity contribution in [2.75, 3.05) is 11.1 Å². The molecule has 1 aromatic carbocycles. The summed E-state index contributed by atoms with van der Waals surface area (Å²) in [7, 11) is 0. The van der Waals surface area contributed by atoms with Crippen LogP contribution in [-0.4, -0.2) is 46.6 Å². The maximum Gasteiger partial charge on any atom is 0.416 e. The molecule has 1 N–H and O–H groups in total. The minimum atomic E-state index is -4.55. The number of carbonyl (C=O) groups is 1. The van der Waals surface area contributed by atoms with Crippen LogP contribution in [0.25, 0.3) is 5.69 Å². The number of thioether (sulfide) groups is 1. The Morgan fingerprint density at radius 1 is 1.31 bits per heavy atom. The Hall–Kier alpha value is -2.96. The number of carbonyl (C=O) groups excluding carboxylic acids is 1. The highest BCUT2D eigenvalue weighted by molar-refractivity contribution is 7.99. The van der Waals surface area contributed by atoms with Gasteiger partial charge in [0.15, 0.2) is 0 Å². The van der Waals surface area contributed by atoms with E-state index in [9.17, 15) is 18.0 Å². The summed E-state index contributed by atoms with van der Waals surface area (Å²) in [4.78, 5) is 16.2. The minimum absolute atomic E-state index is 0.0299. The molecule has 1 amide bonds. The molecular weight excluding hydrogens is 409 g/mol. The number of hydrogen-bond donors (Lipinski definition) is 1. The lowest BCUT2D eigenvalue weighted by Gasteiger charge is -2.14. The molecular formula is C16H17F3N8OS. The van der Waals surface area contributed by atoms with Crippen LogP contribution >= 0.6 is 11.8 Å². The molecule has 0 fully saturated rings. The molecule has 9 nitrogen and oxygen atoms in total. The highest BCUT2D eigenvalue weighted by Crippen LogP contribution is 2.33. The van der Waals surface area contributed by atoms with Crippen molar-refractivity contribution in [3.63, 3.8) is 0 Å². The van der Waals surface area contributed by atoms with Crippen molar-refractivity contribution in [3.05, 3.63) is 36.4 Å². The van der Waals surface area contributed by atoms with Gasteiger partial charge in [0.25, 0.3) is 0 Å². The molecule has 3 rings (SSSR count). The number of amides is 1. The van der Waals surface area contributed by atoms with Crippen LogP contribution in [0.2, 0.25) is 0 Å². The van der Waals surface area contributed by atoms with Crippen LogP contribution in [0, 0.1) is 5.92 Å². The van der Waals surface area contributed by atoms with Crippen molar-refractivity contribution in [1.82, 2.24) is 35.0 Å². The van der Waals surface area contributed by atoms with Gasteiger partial charge in [0.05, 0.1) is 22.7 Å². The number of hydrogen-bond acceptors (Lipinski definition) is 7. The molecule has 0 aliphatic carbocycles. The highest BCUT2D eigenvalue weighted by atomic mass is 32.2. The third-order valence-corrected chi connectivity index (χ3v) is 4.59. The first-order chi connectivity index (χ1) is 13.7. The summed E-state index contributed by atoms with van der Waals surface area (Å²) in [5.41, 5.74) is -0.651. The number of nitrogens with one attached hydrogen (secondary N) is 1. The predicted octanol–water partition coefficient (Wildman–Crippen LogP) is 2.66. The van der Waals surface area contributed by atoms with Crippen LogP contribution in [0.1, 0.15) is 19.4 Å². The first-order valence-corrected chi connectivity index (χ1v) is 9.47. The second kappa shape index (κ2) is 8.59. The predicted molar refractivity (Wildman–Crippen MR) is 98.4 cm³/mol. The van der Waals surface area contributed by atoms with Gasteiger partial charge in [-0.1, -0.05) is 25.6 Å². The normalized spacial score (nSPS) is 11.8. The number of benzene rings is 1. The molecule has 0 saturated carbocycles. The molecule has 0 radical (unpaired) electrons. The molecule has 0 aliphatic rings. The van der Waals surface area contributed by atoms with Crippen molar-refractivity contribution < 1.29 is 18.0 Å². The van der Waals surface area contributed by atoms with Crippen LogP contribution < -0.4 is 5.32 Å². The van der Waals surface area contributed by atoms with Crippen molar-refractivity contribution in [2.45, 2.75) is 31.7 Å². The van der Waals surface area contributed by atoms with Crippen LogP contribution in [0.3, 0.4) is 0 Å². The van der Waals surface area contributed by atoms with Gasteiger partial charge >= 0.3 is 6.18 Å². The molecule has 154 valence electrons. The zero-order chi connectivity index (χ0) is 21.0. The van der Waals surface area contributed by atoms with E-state index in [1.165, 1.54) is 23.4 Å². The van der Waals surface area contributed by atoms with E-state index in [-0.39, 0.29) is 17.1 Å². The van der Waals surface area contributed by atoms with Crippen LogP contribution in [0.5, 0.6) is 0 Å². The van der Waals surface area contributed by atoms with Gasteiger partial charge in [-0.2, -0.15) is 18.3 Å². The Labute approximate surface area is 167 Å². The Balaban J connectivity index is 1.76. The molecule has 0 unspecified atom stereocenters. The largest absolute Gasteiger partial charge is 0.416 e. The Morgan fingerprint density at radius 2 is 2.10 bits per heavy atom. The summed E-state index contributed by atoms with van der Waals surface area (Å²) in [6.45, 7) is 4.59. The second-order valence-corrected chi connectivity index (χ2v) is 7.39. The maximum atomic E-state index is 13.1. The number of alkyl halides is 3. The van der Waals surface area contributed by atoms with Crippen molar-refractivity contribution in [2.24, 2.45) is 5.92 Å². The zero-order valence-electron chi connectivity index (χ0n) is 15.5. The van der Waals surface area contributed by atoms with E-state index in [4.69, 9.17) is 0 Å². The van der Waals surface area contributed by atoms with Crippen molar-refractivity contribution >= 4 is 23.4 Å². The fourth-order valence-electron chi connectivity index (χ4n) is 2.42. The summed E-state index contributed by atoms with van der Waals surface area (Å²) >= 11 is 1.09. The lowest BCUT2D eigenvalue weighted by Crippen LogP contribution is -2.18. The second-order valence-electron chi connectivity index (χ2n) is 6.44. The first-order valence-electron chi connectivity index (χ1n) is 8.49. The summed E-state index contributed by atoms with van der Waals surface area (Å²) < 4.78 is 42.1. The van der Waals surface area contributed by atoms with Gasteiger partial charge in [-0.3, -0.25) is 4.79 Å². The summed E-state index contributed by atoms with van der Waals surface area (Å²) in [5, 5.41) is 18.2. The number of tetrazole rings is 1. The molecule has 29 heavy (non-hydrogen) atoms. The van der Waals surface area contributed by atoms with E-state index in [2.05, 4.69) is 30.9 Å². The number of rotatable bonds is 7. The SMILES string of the molecule is CC(C)Cn1nnnc1SCC(=O)Nc1cc(C(F)(F)F)ccc1-n1cncn1. The molecule has 0 aliphatic heterocycles. The molecule has 2 heterocycles. The first kappa shape index (κ1) is 20.8. The number of halogens is 3. The van der Waals surface area contributed by atoms with E-state index in [0.29, 0.717) is 17.6 Å². The molecule has 0 atom stereocenters. The van der Waals surface area contributed by atoms with Crippen molar-refractivity contribution in [1.29, 1.82) is 0 Å². The lowest BCUT2D eigenvalue weighted by molar-refractivity contribution is -0.137. The fourth-order valence-corrected chi connectivity index (χ4v) is 3.11. The summed E-state index contributed by atoms with van der Waals surface area (Å²) in [6, 6.07) is 3.01. The van der Waals surface area contributed by atoms with Gasteiger partial charge in [0, 0.05) is 6.54 Å². The Bertz CT molecular complexity index is 971. The van der Waals surface area contributed by atoms with E-state index in [0.717, 1.165) is 23.9 Å². The average molecular weight is 426 g/mol. The monoisotopic (exact) mass is 426 g/mol. The summed E-state index contributed by atoms with van der Waals surface area (Å²) in [6.07, 6.45) is -1.98. The standard InChI is InChI=1S/C16H17F3N8OS/c1-10(2)6-26-15(23-24-25-26)29-7-14(28)22-12-5-11(16(17,18)19)3-4-13(12)27-9-20-8-21-27/h3-5,8-10H,6-7H2,1-2H3,(H,22,28). The van der Waals surface area contributed by atoms with Gasteiger partial charge in [-0.15, -0.1) is 5.10 Å². The Kier molecular flexibility index (Phi) is 6.15. The maximum absolute atomic E-state index is 13.1. The lowest BCUT2D eigenvalue weighted by atomic mass is 10.1. The number of nitrogens with zero attached hydrogens (tertiary/aromatic N) is 7. The van der Waals surface area contributed by atoms with Gasteiger partial charge in [0.2, 0.25) is 11.1 Å². The molecule has 0 bridgehead atoms. The molecule has 0 saturated heterocycles. The number of aromatic nitrogens is 7. The third kappa shape index (κ3) is 5.31. The fraction of sp³-hybridized carbons (Fsp3) is 0.375. The highest BCUT2D eigenvalue weighted by Gasteiger charge is 2.31. The molecule has 2 aromatic heterocycles. The third-order valence-electron chi connectivity index (χ3n) is 3.63. The van der Waals surface area contributed by atoms with Crippen LogP contribution in [0.15, 0.2) is 36.0 Å². The van der Waals surface area contributed by atoms with Crippen molar-refractivity contribution in [3.8, 4) is 5.69 Å². The molecule has 3 aromatic rings. The van der Waals surface area contributed by atoms with Gasteiger partial charge < -0.3 is 5.32 Å². The Morgan fingerprint density at radius 3 is 2.76 bits per heavy atom. The van der Waals surface area contributed by atoms with Gasteiger partial charge in [0.1, 0.15) is 12.7 Å². The summed E-state index contributed by atoms with van der Waals surface area (Å²) in [5.74, 6) is -0.275. The molecule has 13 heteroatoms. The van der Waals surface area contributed by atoms with Gasteiger partial charge in [-0.05, 0) is 34.5 Å². The zero-order valence-corrected chi connectivity index (χ0v) is 16.3. The van der Waals surface area contributed by atoms with Gasteiger partial charge in [-0.25, -0.2) is 14.3 Å². The minimum Gasteiger partial charge on any atom is -0.323 e. The van der Waals surface area contributed by atoms with E-state index >= 15 is 0 Å². The smallest absolute Gasteiger partial charge is 0.323 e. The van der Waals surface area contributed by atoms with Crippen LogP contribution in [0.4, 0.5) is 18.9 Å². The van der Waals surface area contributed by atoms with E-state index in [1.54, 1.807) is 4.68 Å². The topological polar surface area (TPSA) is 103 Å². The van der Waals surface area contributed by atoms with E-state index < -0.39 is 17.6 Å².